The summed E-state index contributed by atoms with van der Waals surface area (Å²) in [6.07, 6.45) is 5.34. The fraction of sp³-hybridized carbons (Fsp3) is 0.762. The average Bonchev–Trinajstić information content (AvgIpc) is 3.19. The smallest absolute Gasteiger partial charge is 0.276 e. The molecular formula is C21H33N5O3. The molecule has 0 aliphatic carbocycles. The van der Waals surface area contributed by atoms with E-state index in [9.17, 15) is 9.59 Å². The predicted molar refractivity (Wildman–Crippen MR) is 109 cm³/mol. The third-order valence-corrected chi connectivity index (χ3v) is 6.83. The van der Waals surface area contributed by atoms with E-state index in [-0.39, 0.29) is 11.8 Å². The number of piperazine rings is 1. The number of likely N-dealkylation sites (tertiary alicyclic amines) is 2. The molecule has 4 rings (SSSR count). The fourth-order valence-electron chi connectivity index (χ4n) is 4.92. The summed E-state index contributed by atoms with van der Waals surface area (Å²) in [4.78, 5) is 38.5. The minimum atomic E-state index is -0.0311. The zero-order chi connectivity index (χ0) is 20.4. The molecule has 1 aromatic rings. The second-order valence-electron chi connectivity index (χ2n) is 8.74. The molecule has 160 valence electrons. The lowest BCUT2D eigenvalue weighted by atomic mass is 9.92. The maximum absolute atomic E-state index is 13.0. The quantitative estimate of drug-likeness (QED) is 0.752. The first-order valence-corrected chi connectivity index (χ1v) is 10.9. The first-order valence-electron chi connectivity index (χ1n) is 10.9. The largest absolute Gasteiger partial charge is 0.448 e. The van der Waals surface area contributed by atoms with Gasteiger partial charge in [-0.15, -0.1) is 0 Å². The van der Waals surface area contributed by atoms with E-state index in [1.165, 1.54) is 6.39 Å². The van der Waals surface area contributed by atoms with Crippen LogP contribution < -0.4 is 0 Å². The average molecular weight is 404 g/mol. The van der Waals surface area contributed by atoms with Gasteiger partial charge >= 0.3 is 0 Å². The van der Waals surface area contributed by atoms with Crippen molar-refractivity contribution in [2.45, 2.75) is 38.6 Å². The van der Waals surface area contributed by atoms with E-state index in [4.69, 9.17) is 4.42 Å². The van der Waals surface area contributed by atoms with Crippen LogP contribution in [-0.4, -0.2) is 102 Å². The van der Waals surface area contributed by atoms with Crippen LogP contribution in [0.1, 0.15) is 41.9 Å². The van der Waals surface area contributed by atoms with Gasteiger partial charge in [0, 0.05) is 51.9 Å². The van der Waals surface area contributed by atoms with E-state index in [2.05, 4.69) is 26.7 Å². The molecule has 0 saturated carbocycles. The number of oxazole rings is 1. The van der Waals surface area contributed by atoms with E-state index in [1.807, 2.05) is 4.90 Å². The fourth-order valence-corrected chi connectivity index (χ4v) is 4.92. The van der Waals surface area contributed by atoms with Gasteiger partial charge in [0.15, 0.2) is 12.1 Å². The van der Waals surface area contributed by atoms with Crippen LogP contribution in [0.5, 0.6) is 0 Å². The van der Waals surface area contributed by atoms with Gasteiger partial charge in [-0.25, -0.2) is 4.98 Å². The van der Waals surface area contributed by atoms with Gasteiger partial charge in [-0.2, -0.15) is 0 Å². The highest BCUT2D eigenvalue weighted by atomic mass is 16.3. The number of hydrogen-bond donors (Lipinski definition) is 0. The maximum atomic E-state index is 13.0. The Hall–Kier alpha value is -1.93. The summed E-state index contributed by atoms with van der Waals surface area (Å²) in [6, 6.07) is 0.459. The van der Waals surface area contributed by atoms with Crippen molar-refractivity contribution in [1.82, 2.24) is 24.6 Å². The van der Waals surface area contributed by atoms with Crippen molar-refractivity contribution in [3.63, 3.8) is 0 Å². The molecule has 0 unspecified atom stereocenters. The van der Waals surface area contributed by atoms with E-state index >= 15 is 0 Å². The molecule has 3 aliphatic heterocycles. The number of likely N-dealkylation sites (N-methyl/N-ethyl adjacent to an activating group) is 1. The van der Waals surface area contributed by atoms with Crippen LogP contribution >= 0.6 is 0 Å². The van der Waals surface area contributed by atoms with Crippen LogP contribution in [0.15, 0.2) is 10.8 Å². The monoisotopic (exact) mass is 403 g/mol. The SMILES string of the molecule is Cc1ocnc1C(=O)N1CCC(N2CCC[C@H](C(=O)N3CCN(C)CC3)C2)CC1. The maximum Gasteiger partial charge on any atom is 0.276 e. The van der Waals surface area contributed by atoms with Gasteiger partial charge in [0.2, 0.25) is 5.91 Å². The molecule has 0 spiro atoms. The standard InChI is InChI=1S/C21H33N5O3/c1-16-19(22-15-29-16)21(28)24-8-5-18(6-9-24)26-7-3-4-17(14-26)20(27)25-12-10-23(2)11-13-25/h15,17-18H,3-14H2,1-2H3/t17-/m0/s1. The molecule has 2 amide bonds. The molecular weight excluding hydrogens is 370 g/mol. The van der Waals surface area contributed by atoms with Gasteiger partial charge in [0.1, 0.15) is 5.76 Å². The van der Waals surface area contributed by atoms with Crippen LogP contribution in [0, 0.1) is 12.8 Å². The predicted octanol–water partition coefficient (Wildman–Crippen LogP) is 1.07. The summed E-state index contributed by atoms with van der Waals surface area (Å²) >= 11 is 0. The molecule has 8 nitrogen and oxygen atoms in total. The molecule has 3 fully saturated rings. The Bertz CT molecular complexity index is 720. The van der Waals surface area contributed by atoms with Crippen LogP contribution in [0.4, 0.5) is 0 Å². The number of hydrogen-bond acceptors (Lipinski definition) is 6. The summed E-state index contributed by atoms with van der Waals surface area (Å²) in [5.74, 6) is 1.02. The van der Waals surface area contributed by atoms with Gasteiger partial charge in [0.05, 0.1) is 5.92 Å². The van der Waals surface area contributed by atoms with E-state index in [0.717, 1.165) is 78.0 Å². The van der Waals surface area contributed by atoms with Gasteiger partial charge in [0.25, 0.3) is 5.91 Å². The minimum absolute atomic E-state index is 0.0311. The van der Waals surface area contributed by atoms with Crippen molar-refractivity contribution < 1.29 is 14.0 Å². The Balaban J connectivity index is 1.29. The summed E-state index contributed by atoms with van der Waals surface area (Å²) in [7, 11) is 2.12. The lowest BCUT2D eigenvalue weighted by Crippen LogP contribution is -2.54. The van der Waals surface area contributed by atoms with Gasteiger partial charge in [-0.1, -0.05) is 0 Å². The van der Waals surface area contributed by atoms with Crippen molar-refractivity contribution in [2.75, 3.05) is 59.4 Å². The van der Waals surface area contributed by atoms with Crippen LogP contribution in [0.2, 0.25) is 0 Å². The minimum Gasteiger partial charge on any atom is -0.448 e. The molecule has 0 aromatic carbocycles. The number of aromatic nitrogens is 1. The summed E-state index contributed by atoms with van der Waals surface area (Å²) < 4.78 is 5.18. The molecule has 4 heterocycles. The number of rotatable bonds is 3. The van der Waals surface area contributed by atoms with Gasteiger partial charge < -0.3 is 19.1 Å². The Morgan fingerprint density at radius 3 is 2.38 bits per heavy atom. The third kappa shape index (κ3) is 4.48. The first-order chi connectivity index (χ1) is 14.0. The zero-order valence-corrected chi connectivity index (χ0v) is 17.7. The van der Waals surface area contributed by atoms with Crippen LogP contribution in [0.25, 0.3) is 0 Å². The number of amides is 2. The van der Waals surface area contributed by atoms with Crippen LogP contribution in [0.3, 0.4) is 0 Å². The lowest BCUT2D eigenvalue weighted by Gasteiger charge is -2.43. The second kappa shape index (κ2) is 8.83. The van der Waals surface area contributed by atoms with Crippen molar-refractivity contribution in [3.8, 4) is 0 Å². The molecule has 1 aromatic heterocycles. The van der Waals surface area contributed by atoms with Crippen molar-refractivity contribution in [2.24, 2.45) is 5.92 Å². The van der Waals surface area contributed by atoms with E-state index in [1.54, 1.807) is 6.92 Å². The number of piperidine rings is 2. The zero-order valence-electron chi connectivity index (χ0n) is 17.7. The number of carbonyl (C=O) groups excluding carboxylic acids is 2. The van der Waals surface area contributed by atoms with Crippen molar-refractivity contribution in [3.05, 3.63) is 17.8 Å². The van der Waals surface area contributed by atoms with Crippen molar-refractivity contribution >= 4 is 11.8 Å². The highest BCUT2D eigenvalue weighted by Crippen LogP contribution is 2.26. The lowest BCUT2D eigenvalue weighted by molar-refractivity contribution is -0.139. The Morgan fingerprint density at radius 2 is 1.72 bits per heavy atom. The Kier molecular flexibility index (Phi) is 6.20. The normalized spacial score (nSPS) is 25.4. The Labute approximate surface area is 172 Å². The van der Waals surface area contributed by atoms with Crippen molar-refractivity contribution in [1.29, 1.82) is 0 Å². The van der Waals surface area contributed by atoms with E-state index < -0.39 is 0 Å². The number of carbonyl (C=O) groups is 2. The number of aryl methyl sites for hydroxylation is 1. The number of nitrogens with zero attached hydrogens (tertiary/aromatic N) is 5. The summed E-state index contributed by atoms with van der Waals surface area (Å²) in [5.41, 5.74) is 0.430. The molecule has 3 aliphatic rings. The molecule has 3 saturated heterocycles. The molecule has 0 bridgehead atoms. The second-order valence-corrected chi connectivity index (χ2v) is 8.74. The Morgan fingerprint density at radius 1 is 1.00 bits per heavy atom. The third-order valence-electron chi connectivity index (χ3n) is 6.83. The van der Waals surface area contributed by atoms with Gasteiger partial charge in [-0.05, 0) is 46.2 Å². The highest BCUT2D eigenvalue weighted by molar-refractivity contribution is 5.93. The first kappa shape index (κ1) is 20.3. The molecule has 0 radical (unpaired) electrons. The topological polar surface area (TPSA) is 73.1 Å². The van der Waals surface area contributed by atoms with E-state index in [0.29, 0.717) is 23.4 Å². The van der Waals surface area contributed by atoms with Crippen LogP contribution in [-0.2, 0) is 4.79 Å². The van der Waals surface area contributed by atoms with Gasteiger partial charge in [-0.3, -0.25) is 14.5 Å². The highest BCUT2D eigenvalue weighted by Gasteiger charge is 2.35. The molecule has 1 atom stereocenters. The summed E-state index contributed by atoms with van der Waals surface area (Å²) in [5, 5.41) is 0. The molecule has 0 N–H and O–H groups in total. The molecule has 8 heteroatoms. The molecule has 29 heavy (non-hydrogen) atoms. The summed E-state index contributed by atoms with van der Waals surface area (Å²) in [6.45, 7) is 8.84.